The summed E-state index contributed by atoms with van der Waals surface area (Å²) < 4.78 is 20.5. The molecule has 1 aromatic heterocycles. The average molecular weight is 435 g/mol. The van der Waals surface area contributed by atoms with Gasteiger partial charge in [-0.2, -0.15) is 0 Å². The summed E-state index contributed by atoms with van der Waals surface area (Å²) in [6, 6.07) is 11.1. The van der Waals surface area contributed by atoms with E-state index >= 15 is 0 Å². The maximum atomic E-state index is 13.0. The minimum Gasteiger partial charge on any atom is -0.486 e. The number of thioether (sulfide) groups is 1. The number of hydrogen-bond donors (Lipinski definition) is 1. The van der Waals surface area contributed by atoms with Gasteiger partial charge in [-0.25, -0.2) is 4.39 Å². The van der Waals surface area contributed by atoms with Crippen LogP contribution in [0.25, 0.3) is 0 Å². The predicted octanol–water partition coefficient (Wildman–Crippen LogP) is 4.71. The summed E-state index contributed by atoms with van der Waals surface area (Å²) in [6.45, 7) is 4.69. The van der Waals surface area contributed by atoms with Gasteiger partial charge in [-0.1, -0.05) is 29.4 Å². The molecule has 1 heterocycles. The maximum Gasteiger partial charge on any atom is 0.234 e. The lowest BCUT2D eigenvalue weighted by atomic mass is 10.2. The Hall–Kier alpha value is -2.58. The summed E-state index contributed by atoms with van der Waals surface area (Å²) in [6.07, 6.45) is 0. The molecule has 3 aromatic rings. The molecular formula is C20H20ClFN4O2S. The average Bonchev–Trinajstić information content (AvgIpc) is 3.10. The van der Waals surface area contributed by atoms with E-state index < -0.39 is 0 Å². The Morgan fingerprint density at radius 1 is 1.24 bits per heavy atom. The number of carbonyl (C=O) groups excluding carboxylic acids is 1. The van der Waals surface area contributed by atoms with E-state index in [1.807, 2.05) is 24.5 Å². The van der Waals surface area contributed by atoms with E-state index in [-0.39, 0.29) is 24.1 Å². The van der Waals surface area contributed by atoms with Gasteiger partial charge in [0.1, 0.15) is 18.2 Å². The van der Waals surface area contributed by atoms with Crippen molar-refractivity contribution in [3.8, 4) is 5.75 Å². The van der Waals surface area contributed by atoms with Crippen molar-refractivity contribution in [1.82, 2.24) is 14.8 Å². The van der Waals surface area contributed by atoms with Crippen LogP contribution in [0.3, 0.4) is 0 Å². The molecule has 1 amide bonds. The van der Waals surface area contributed by atoms with Gasteiger partial charge >= 0.3 is 0 Å². The van der Waals surface area contributed by atoms with Gasteiger partial charge in [0.05, 0.1) is 5.75 Å². The smallest absolute Gasteiger partial charge is 0.234 e. The summed E-state index contributed by atoms with van der Waals surface area (Å²) in [5.41, 5.74) is 1.62. The molecule has 9 heteroatoms. The standard InChI is InChI=1S/C20H20ClFN4O2S/c1-3-26-18(11-28-16-8-6-15(22)7-9-16)24-25-20(26)29-12-19(27)23-17-10-14(21)5-4-13(17)2/h4-10H,3,11-12H2,1-2H3,(H,23,27). The summed E-state index contributed by atoms with van der Waals surface area (Å²) in [5, 5.41) is 12.4. The van der Waals surface area contributed by atoms with Gasteiger partial charge in [-0.05, 0) is 55.8 Å². The number of anilines is 1. The molecule has 1 N–H and O–H groups in total. The minimum absolute atomic E-state index is 0.157. The Morgan fingerprint density at radius 2 is 2.00 bits per heavy atom. The van der Waals surface area contributed by atoms with Gasteiger partial charge in [0.15, 0.2) is 11.0 Å². The fourth-order valence-electron chi connectivity index (χ4n) is 2.57. The largest absolute Gasteiger partial charge is 0.486 e. The highest BCUT2D eigenvalue weighted by Crippen LogP contribution is 2.22. The molecule has 0 fully saturated rings. The van der Waals surface area contributed by atoms with Crippen LogP contribution in [-0.2, 0) is 17.9 Å². The second-order valence-corrected chi connectivity index (χ2v) is 7.56. The Kier molecular flexibility index (Phi) is 7.11. The normalized spacial score (nSPS) is 10.8. The summed E-state index contributed by atoms with van der Waals surface area (Å²) in [5.74, 6) is 0.880. The van der Waals surface area contributed by atoms with Gasteiger partial charge < -0.3 is 14.6 Å². The van der Waals surface area contributed by atoms with Crippen molar-refractivity contribution >= 4 is 35.0 Å². The van der Waals surface area contributed by atoms with Gasteiger partial charge in [0.2, 0.25) is 5.91 Å². The number of nitrogens with zero attached hydrogens (tertiary/aromatic N) is 3. The second-order valence-electron chi connectivity index (χ2n) is 6.18. The van der Waals surface area contributed by atoms with Crippen molar-refractivity contribution in [2.45, 2.75) is 32.2 Å². The highest BCUT2D eigenvalue weighted by Gasteiger charge is 2.14. The van der Waals surface area contributed by atoms with Crippen LogP contribution in [0.5, 0.6) is 5.75 Å². The number of amides is 1. The van der Waals surface area contributed by atoms with Crippen LogP contribution in [0.15, 0.2) is 47.6 Å². The third-order valence-corrected chi connectivity index (χ3v) is 5.30. The third-order valence-electron chi connectivity index (χ3n) is 4.10. The number of carbonyl (C=O) groups is 1. The Labute approximate surface area is 177 Å². The van der Waals surface area contributed by atoms with Gasteiger partial charge in [0, 0.05) is 17.3 Å². The summed E-state index contributed by atoms with van der Waals surface area (Å²) >= 11 is 7.28. The number of halogens is 2. The lowest BCUT2D eigenvalue weighted by molar-refractivity contribution is -0.113. The topological polar surface area (TPSA) is 69.0 Å². The highest BCUT2D eigenvalue weighted by molar-refractivity contribution is 7.99. The number of aromatic nitrogens is 3. The van der Waals surface area contributed by atoms with E-state index in [9.17, 15) is 9.18 Å². The van der Waals surface area contributed by atoms with Crippen molar-refractivity contribution in [2.24, 2.45) is 0 Å². The van der Waals surface area contributed by atoms with Crippen molar-refractivity contribution in [2.75, 3.05) is 11.1 Å². The van der Waals surface area contributed by atoms with Gasteiger partial charge in [-0.3, -0.25) is 4.79 Å². The number of rotatable bonds is 8. The zero-order valence-electron chi connectivity index (χ0n) is 16.0. The minimum atomic E-state index is -0.320. The van der Waals surface area contributed by atoms with Crippen LogP contribution in [0, 0.1) is 12.7 Å². The molecule has 6 nitrogen and oxygen atoms in total. The highest BCUT2D eigenvalue weighted by atomic mass is 35.5. The van der Waals surface area contributed by atoms with Crippen LogP contribution in [0.1, 0.15) is 18.3 Å². The fraction of sp³-hybridized carbons (Fsp3) is 0.250. The van der Waals surface area contributed by atoms with Crippen molar-refractivity contribution in [3.05, 3.63) is 64.7 Å². The molecule has 0 atom stereocenters. The SMILES string of the molecule is CCn1c(COc2ccc(F)cc2)nnc1SCC(=O)Nc1cc(Cl)ccc1C. The van der Waals surface area contributed by atoms with Crippen molar-refractivity contribution in [3.63, 3.8) is 0 Å². The van der Waals surface area contributed by atoms with Crippen LogP contribution >= 0.6 is 23.4 Å². The zero-order valence-corrected chi connectivity index (χ0v) is 17.6. The first-order valence-electron chi connectivity index (χ1n) is 8.95. The predicted molar refractivity (Wildman–Crippen MR) is 112 cm³/mol. The first kappa shape index (κ1) is 21.1. The molecule has 2 aromatic carbocycles. The molecule has 29 heavy (non-hydrogen) atoms. The maximum absolute atomic E-state index is 13.0. The molecule has 0 saturated carbocycles. The summed E-state index contributed by atoms with van der Waals surface area (Å²) in [7, 11) is 0. The molecule has 0 saturated heterocycles. The van der Waals surface area contributed by atoms with Gasteiger partial charge in [0.25, 0.3) is 0 Å². The van der Waals surface area contributed by atoms with E-state index in [2.05, 4.69) is 15.5 Å². The van der Waals surface area contributed by atoms with E-state index in [1.54, 1.807) is 24.3 Å². The second kappa shape index (κ2) is 9.76. The molecule has 0 unspecified atom stereocenters. The monoisotopic (exact) mass is 434 g/mol. The molecule has 0 radical (unpaired) electrons. The van der Waals surface area contributed by atoms with Crippen LogP contribution < -0.4 is 10.1 Å². The molecule has 3 rings (SSSR count). The number of hydrogen-bond acceptors (Lipinski definition) is 5. The van der Waals surface area contributed by atoms with Crippen LogP contribution in [-0.4, -0.2) is 26.4 Å². The molecule has 0 spiro atoms. The molecule has 0 bridgehead atoms. The van der Waals surface area contributed by atoms with E-state index in [0.29, 0.717) is 34.0 Å². The molecular weight excluding hydrogens is 415 g/mol. The number of ether oxygens (including phenoxy) is 1. The number of nitrogens with one attached hydrogen (secondary N) is 1. The third kappa shape index (κ3) is 5.71. The first-order chi connectivity index (χ1) is 14.0. The lowest BCUT2D eigenvalue weighted by Gasteiger charge is -2.10. The van der Waals surface area contributed by atoms with Gasteiger partial charge in [-0.15, -0.1) is 10.2 Å². The fourth-order valence-corrected chi connectivity index (χ4v) is 3.57. The Balaban J connectivity index is 1.58. The zero-order chi connectivity index (χ0) is 20.8. The van der Waals surface area contributed by atoms with Crippen LogP contribution in [0.2, 0.25) is 5.02 Å². The van der Waals surface area contributed by atoms with E-state index in [4.69, 9.17) is 16.3 Å². The number of aryl methyl sites for hydroxylation is 1. The van der Waals surface area contributed by atoms with E-state index in [1.165, 1.54) is 23.9 Å². The molecule has 0 aliphatic rings. The Bertz CT molecular complexity index is 995. The quantitative estimate of drug-likeness (QED) is 0.520. The molecule has 0 aliphatic heterocycles. The Morgan fingerprint density at radius 3 is 2.72 bits per heavy atom. The lowest BCUT2D eigenvalue weighted by Crippen LogP contribution is -2.15. The van der Waals surface area contributed by atoms with Crippen molar-refractivity contribution in [1.29, 1.82) is 0 Å². The van der Waals surface area contributed by atoms with Crippen molar-refractivity contribution < 1.29 is 13.9 Å². The van der Waals surface area contributed by atoms with E-state index in [0.717, 1.165) is 5.56 Å². The number of benzene rings is 2. The molecule has 152 valence electrons. The first-order valence-corrected chi connectivity index (χ1v) is 10.3. The summed E-state index contributed by atoms with van der Waals surface area (Å²) in [4.78, 5) is 12.3. The molecule has 0 aliphatic carbocycles. The van der Waals surface area contributed by atoms with Crippen LogP contribution in [0.4, 0.5) is 10.1 Å².